The molecular weight excluding hydrogens is 429 g/mol. The van der Waals surface area contributed by atoms with Gasteiger partial charge in [0.25, 0.3) is 15.9 Å². The van der Waals surface area contributed by atoms with Gasteiger partial charge >= 0.3 is 0 Å². The largest absolute Gasteiger partial charge is 0.324 e. The van der Waals surface area contributed by atoms with Crippen LogP contribution in [0.1, 0.15) is 39.6 Å². The van der Waals surface area contributed by atoms with Crippen LogP contribution in [0.5, 0.6) is 0 Å². The molecule has 2 aromatic carbocycles. The van der Waals surface area contributed by atoms with Gasteiger partial charge in [0.05, 0.1) is 9.92 Å². The summed E-state index contributed by atoms with van der Waals surface area (Å²) in [7, 11) is -4.04. The summed E-state index contributed by atoms with van der Waals surface area (Å²) < 4.78 is 41.3. The van der Waals surface area contributed by atoms with Crippen molar-refractivity contribution in [3.05, 3.63) is 81.9 Å². The summed E-state index contributed by atoms with van der Waals surface area (Å²) in [5.41, 5.74) is 8.18. The molecule has 1 heterocycles. The van der Waals surface area contributed by atoms with Gasteiger partial charge in [-0.05, 0) is 60.7 Å². The lowest BCUT2D eigenvalue weighted by atomic mass is 10.1. The third-order valence-electron chi connectivity index (χ3n) is 5.24. The van der Waals surface area contributed by atoms with Crippen LogP contribution in [-0.4, -0.2) is 18.3 Å². The molecule has 0 saturated heterocycles. The molecule has 1 amide bonds. The monoisotopic (exact) mass is 447 g/mol. The Morgan fingerprint density at radius 2 is 2.00 bits per heavy atom. The third kappa shape index (κ3) is 3.40. The maximum absolute atomic E-state index is 13.4. The second-order valence-electron chi connectivity index (χ2n) is 7.21. The molecule has 1 atom stereocenters. The molecule has 156 valence electrons. The van der Waals surface area contributed by atoms with Crippen molar-refractivity contribution in [2.24, 2.45) is 5.73 Å². The van der Waals surface area contributed by atoms with E-state index in [1.165, 1.54) is 24.4 Å². The van der Waals surface area contributed by atoms with Gasteiger partial charge < -0.3 is 11.1 Å². The normalized spacial score (nSPS) is 15.8. The smallest absolute Gasteiger partial charge is 0.273 e. The maximum atomic E-state index is 13.4. The molecule has 6 nitrogen and oxygen atoms in total. The lowest BCUT2D eigenvalue weighted by molar-refractivity contribution is 0.102. The molecule has 0 fully saturated rings. The van der Waals surface area contributed by atoms with Crippen LogP contribution < -0.4 is 11.1 Å². The van der Waals surface area contributed by atoms with Crippen molar-refractivity contribution < 1.29 is 17.6 Å². The van der Waals surface area contributed by atoms with Gasteiger partial charge in [-0.25, -0.2) is 16.8 Å². The summed E-state index contributed by atoms with van der Waals surface area (Å²) in [6.07, 6.45) is 2.54. The minimum Gasteiger partial charge on any atom is -0.324 e. The van der Waals surface area contributed by atoms with Crippen LogP contribution in [-0.2, 0) is 16.4 Å². The van der Waals surface area contributed by atoms with E-state index in [1.54, 1.807) is 25.1 Å². The number of halogens is 2. The van der Waals surface area contributed by atoms with E-state index in [-0.39, 0.29) is 27.3 Å². The van der Waals surface area contributed by atoms with Crippen molar-refractivity contribution in [1.82, 2.24) is 3.97 Å². The van der Waals surface area contributed by atoms with Crippen LogP contribution in [0.2, 0.25) is 5.02 Å². The van der Waals surface area contributed by atoms with E-state index >= 15 is 0 Å². The van der Waals surface area contributed by atoms with Crippen LogP contribution in [0, 0.1) is 12.7 Å². The van der Waals surface area contributed by atoms with Gasteiger partial charge in [-0.1, -0.05) is 29.8 Å². The lowest BCUT2D eigenvalue weighted by Gasteiger charge is -2.14. The number of anilines is 1. The average molecular weight is 448 g/mol. The molecule has 1 aliphatic carbocycles. The van der Waals surface area contributed by atoms with E-state index in [2.05, 4.69) is 5.32 Å². The van der Waals surface area contributed by atoms with Crippen molar-refractivity contribution in [1.29, 1.82) is 0 Å². The predicted octanol–water partition coefficient (Wildman–Crippen LogP) is 4.02. The van der Waals surface area contributed by atoms with Crippen molar-refractivity contribution in [2.45, 2.75) is 30.7 Å². The highest BCUT2D eigenvalue weighted by Gasteiger charge is 2.34. The zero-order chi connectivity index (χ0) is 21.6. The van der Waals surface area contributed by atoms with Gasteiger partial charge in [-0.15, -0.1) is 0 Å². The number of carbonyl (C=O) groups excluding carboxylic acids is 1. The van der Waals surface area contributed by atoms with Gasteiger partial charge in [0.1, 0.15) is 11.5 Å². The number of benzene rings is 2. The zero-order valence-corrected chi connectivity index (χ0v) is 17.6. The number of nitrogens with two attached hydrogens (primary N) is 1. The van der Waals surface area contributed by atoms with Crippen LogP contribution >= 0.6 is 11.6 Å². The number of aryl methyl sites for hydroxylation is 1. The van der Waals surface area contributed by atoms with E-state index in [0.29, 0.717) is 29.5 Å². The van der Waals surface area contributed by atoms with Crippen molar-refractivity contribution >= 4 is 33.2 Å². The van der Waals surface area contributed by atoms with Gasteiger partial charge in [0.2, 0.25) is 0 Å². The number of amides is 1. The molecule has 30 heavy (non-hydrogen) atoms. The van der Waals surface area contributed by atoms with E-state index < -0.39 is 21.7 Å². The highest BCUT2D eigenvalue weighted by Crippen LogP contribution is 2.36. The second-order valence-corrected chi connectivity index (χ2v) is 9.40. The first kappa shape index (κ1) is 20.6. The van der Waals surface area contributed by atoms with E-state index in [1.807, 2.05) is 0 Å². The molecule has 9 heteroatoms. The maximum Gasteiger partial charge on any atom is 0.273 e. The fraction of sp³-hybridized carbons (Fsp3) is 0.190. The van der Waals surface area contributed by atoms with Crippen LogP contribution in [0.3, 0.4) is 0 Å². The summed E-state index contributed by atoms with van der Waals surface area (Å²) in [6, 6.07) is 9.96. The topological polar surface area (TPSA) is 94.2 Å². The Morgan fingerprint density at radius 1 is 1.27 bits per heavy atom. The van der Waals surface area contributed by atoms with Gasteiger partial charge in [0, 0.05) is 17.9 Å². The van der Waals surface area contributed by atoms with Gasteiger partial charge in [-0.3, -0.25) is 4.79 Å². The first-order valence-corrected chi connectivity index (χ1v) is 11.1. The minimum absolute atomic E-state index is 0.00153. The SMILES string of the molecule is Cc1ccccc1S(=O)(=O)n1cc2c(c1C(=O)Nc1ccc(F)c(Cl)c1)CCC2N. The number of hydrogen-bond acceptors (Lipinski definition) is 4. The average Bonchev–Trinajstić information content (AvgIpc) is 3.25. The fourth-order valence-corrected chi connectivity index (χ4v) is 5.52. The molecule has 1 aromatic heterocycles. The van der Waals surface area contributed by atoms with E-state index in [9.17, 15) is 17.6 Å². The van der Waals surface area contributed by atoms with Crippen LogP contribution in [0.15, 0.2) is 53.6 Å². The van der Waals surface area contributed by atoms with Crippen molar-refractivity contribution in [3.8, 4) is 0 Å². The molecule has 4 rings (SSSR count). The van der Waals surface area contributed by atoms with Crippen LogP contribution in [0.25, 0.3) is 0 Å². The molecular formula is C21H19ClFN3O3S. The summed E-state index contributed by atoms with van der Waals surface area (Å²) in [5, 5.41) is 2.47. The molecule has 3 N–H and O–H groups in total. The summed E-state index contributed by atoms with van der Waals surface area (Å²) in [4.78, 5) is 13.3. The first-order valence-electron chi connectivity index (χ1n) is 9.27. The highest BCUT2D eigenvalue weighted by atomic mass is 35.5. The molecule has 0 radical (unpaired) electrons. The Balaban J connectivity index is 1.83. The Hall–Kier alpha value is -2.68. The van der Waals surface area contributed by atoms with Crippen LogP contribution in [0.4, 0.5) is 10.1 Å². The number of nitrogens with one attached hydrogen (secondary N) is 1. The number of rotatable bonds is 4. The molecule has 0 spiro atoms. The standard InChI is InChI=1S/C21H19ClFN3O3S/c1-12-4-2-3-5-19(12)30(28,29)26-11-15-14(7-9-18(15)24)20(26)21(27)25-13-6-8-17(23)16(22)10-13/h2-6,8,10-11,18H,7,9,24H2,1H3,(H,25,27). The zero-order valence-electron chi connectivity index (χ0n) is 16.0. The van der Waals surface area contributed by atoms with Gasteiger partial charge in [-0.2, -0.15) is 0 Å². The summed E-state index contributed by atoms with van der Waals surface area (Å²) >= 11 is 5.79. The minimum atomic E-state index is -4.04. The number of fused-ring (bicyclic) bond motifs is 1. The Morgan fingerprint density at radius 3 is 2.70 bits per heavy atom. The quantitative estimate of drug-likeness (QED) is 0.631. The summed E-state index contributed by atoms with van der Waals surface area (Å²) in [6.45, 7) is 1.69. The van der Waals surface area contributed by atoms with Crippen molar-refractivity contribution in [3.63, 3.8) is 0 Å². The molecule has 0 bridgehead atoms. The number of nitrogens with zero attached hydrogens (tertiary/aromatic N) is 1. The number of carbonyl (C=O) groups is 1. The first-order chi connectivity index (χ1) is 14.2. The lowest BCUT2D eigenvalue weighted by Crippen LogP contribution is -2.23. The van der Waals surface area contributed by atoms with E-state index in [0.717, 1.165) is 10.0 Å². The van der Waals surface area contributed by atoms with Crippen molar-refractivity contribution in [2.75, 3.05) is 5.32 Å². The number of aromatic nitrogens is 1. The predicted molar refractivity (Wildman–Crippen MR) is 113 cm³/mol. The Kier molecular flexibility index (Phi) is 5.17. The highest BCUT2D eigenvalue weighted by molar-refractivity contribution is 7.90. The summed E-state index contributed by atoms with van der Waals surface area (Å²) in [5.74, 6) is -1.25. The van der Waals surface area contributed by atoms with E-state index in [4.69, 9.17) is 17.3 Å². The molecule has 0 saturated carbocycles. The molecule has 0 aliphatic heterocycles. The third-order valence-corrected chi connectivity index (χ3v) is 7.35. The molecule has 3 aromatic rings. The second kappa shape index (κ2) is 7.54. The fourth-order valence-electron chi connectivity index (χ4n) is 3.72. The number of hydrogen-bond donors (Lipinski definition) is 2. The Labute approximate surface area is 178 Å². The Bertz CT molecular complexity index is 1270. The molecule has 1 unspecified atom stereocenters. The molecule has 1 aliphatic rings. The van der Waals surface area contributed by atoms with Gasteiger partial charge in [0.15, 0.2) is 0 Å².